The molecule has 0 aliphatic rings. The number of ether oxygens (including phenoxy) is 1. The summed E-state index contributed by atoms with van der Waals surface area (Å²) in [5.74, 6) is -0.304. The van der Waals surface area contributed by atoms with Gasteiger partial charge in [0.05, 0.1) is 7.11 Å². The Kier molecular flexibility index (Phi) is 5.99. The normalized spacial score (nSPS) is 8.67. The molecule has 1 N–H and O–H groups in total. The topological polar surface area (TPSA) is 110 Å². The number of carbonyl (C=O) groups is 1. The molecule has 0 heterocycles. The maximum absolute atomic E-state index is 11.1. The fourth-order valence-corrected chi connectivity index (χ4v) is 1.58. The van der Waals surface area contributed by atoms with Crippen molar-refractivity contribution in [1.29, 1.82) is 15.8 Å². The molecule has 0 aliphatic carbocycles. The average molecular weight is 280 g/mol. The number of rotatable bonds is 5. The zero-order valence-corrected chi connectivity index (χ0v) is 11.4. The van der Waals surface area contributed by atoms with Gasteiger partial charge in [0.2, 0.25) is 0 Å². The molecule has 0 fully saturated rings. The first-order chi connectivity index (χ1) is 10.1. The summed E-state index contributed by atoms with van der Waals surface area (Å²) in [5.41, 5.74) is 1.05. The lowest BCUT2D eigenvalue weighted by molar-refractivity contribution is -0.140. The minimum Gasteiger partial charge on any atom is -0.469 e. The van der Waals surface area contributed by atoms with Crippen LogP contribution in [0.1, 0.15) is 12.0 Å². The number of esters is 1. The molecule has 0 bridgehead atoms. The summed E-state index contributed by atoms with van der Waals surface area (Å²) in [6, 6.07) is 12.1. The number of hydrogen-bond donors (Lipinski definition) is 1. The third-order valence-electron chi connectivity index (χ3n) is 2.63. The third-order valence-corrected chi connectivity index (χ3v) is 2.63. The molecule has 0 amide bonds. The van der Waals surface area contributed by atoms with Gasteiger partial charge in [-0.05, 0) is 24.1 Å². The molecule has 0 unspecified atom stereocenters. The number of nitrogens with one attached hydrogen (secondary N) is 1. The van der Waals surface area contributed by atoms with Crippen LogP contribution in [0.3, 0.4) is 0 Å². The van der Waals surface area contributed by atoms with Crippen LogP contribution < -0.4 is 5.32 Å². The maximum atomic E-state index is 11.1. The van der Waals surface area contributed by atoms with Gasteiger partial charge in [0, 0.05) is 12.1 Å². The highest BCUT2D eigenvalue weighted by Gasteiger charge is 2.07. The molecule has 6 nitrogen and oxygen atoms in total. The summed E-state index contributed by atoms with van der Waals surface area (Å²) in [6.45, 7) is 0. The smallest absolute Gasteiger partial charge is 0.305 e. The van der Waals surface area contributed by atoms with Crippen molar-refractivity contribution in [1.82, 2.24) is 0 Å². The molecule has 0 saturated carbocycles. The molecule has 1 aromatic carbocycles. The lowest BCUT2D eigenvalue weighted by atomic mass is 10.1. The molecule has 1 rings (SSSR count). The van der Waals surface area contributed by atoms with E-state index in [1.807, 2.05) is 6.07 Å². The van der Waals surface area contributed by atoms with Crippen molar-refractivity contribution >= 4 is 11.7 Å². The van der Waals surface area contributed by atoms with Gasteiger partial charge < -0.3 is 10.1 Å². The zero-order valence-electron chi connectivity index (χ0n) is 11.4. The molecule has 0 aromatic heterocycles. The Hall–Kier alpha value is -3.30. The van der Waals surface area contributed by atoms with Crippen LogP contribution in [0.5, 0.6) is 0 Å². The molecule has 0 radical (unpaired) electrons. The van der Waals surface area contributed by atoms with Crippen LogP contribution in [-0.2, 0) is 16.0 Å². The molecule has 0 spiro atoms. The number of carbonyl (C=O) groups excluding carboxylic acids is 1. The van der Waals surface area contributed by atoms with Crippen molar-refractivity contribution in [3.63, 3.8) is 0 Å². The summed E-state index contributed by atoms with van der Waals surface area (Å²) in [5, 5.41) is 29.2. The van der Waals surface area contributed by atoms with E-state index in [1.165, 1.54) is 7.11 Å². The second-order valence-corrected chi connectivity index (χ2v) is 3.99. The Labute approximate surface area is 122 Å². The van der Waals surface area contributed by atoms with Gasteiger partial charge >= 0.3 is 5.97 Å². The van der Waals surface area contributed by atoms with Crippen molar-refractivity contribution < 1.29 is 9.53 Å². The van der Waals surface area contributed by atoms with E-state index in [-0.39, 0.29) is 23.7 Å². The summed E-state index contributed by atoms with van der Waals surface area (Å²) < 4.78 is 4.57. The zero-order chi connectivity index (χ0) is 15.7. The monoisotopic (exact) mass is 280 g/mol. The van der Waals surface area contributed by atoms with E-state index >= 15 is 0 Å². The predicted molar refractivity (Wildman–Crippen MR) is 74.3 cm³/mol. The summed E-state index contributed by atoms with van der Waals surface area (Å²) in [6.07, 6.45) is 0.750. The average Bonchev–Trinajstić information content (AvgIpc) is 2.53. The van der Waals surface area contributed by atoms with Gasteiger partial charge in [0.1, 0.15) is 23.9 Å². The Bertz CT molecular complexity index is 671. The van der Waals surface area contributed by atoms with E-state index in [9.17, 15) is 4.79 Å². The number of allylic oxidation sites excluding steroid dienone is 2. The first-order valence-corrected chi connectivity index (χ1v) is 6.02. The number of hydrogen-bond acceptors (Lipinski definition) is 6. The SMILES string of the molecule is COC(=O)CCc1cccc(NC(C#N)=C(C#N)C#N)c1. The highest BCUT2D eigenvalue weighted by molar-refractivity contribution is 5.69. The Morgan fingerprint density at radius 2 is 1.95 bits per heavy atom. The Balaban J connectivity index is 2.90. The molecule has 0 saturated heterocycles. The quantitative estimate of drug-likeness (QED) is 0.652. The summed E-state index contributed by atoms with van der Waals surface area (Å²) in [7, 11) is 1.33. The fraction of sp³-hybridized carbons (Fsp3) is 0.200. The number of benzene rings is 1. The maximum Gasteiger partial charge on any atom is 0.305 e. The van der Waals surface area contributed by atoms with Crippen LogP contribution in [0.4, 0.5) is 5.69 Å². The largest absolute Gasteiger partial charge is 0.469 e. The molecule has 104 valence electrons. The molecular formula is C15H12N4O2. The Morgan fingerprint density at radius 3 is 2.52 bits per heavy atom. The van der Waals surface area contributed by atoms with Crippen LogP contribution in [0.25, 0.3) is 0 Å². The van der Waals surface area contributed by atoms with Crippen LogP contribution in [0.2, 0.25) is 0 Å². The molecule has 0 aliphatic heterocycles. The fourth-order valence-electron chi connectivity index (χ4n) is 1.58. The molecule has 1 aromatic rings. The molecule has 6 heteroatoms. The second-order valence-electron chi connectivity index (χ2n) is 3.99. The van der Waals surface area contributed by atoms with Crippen LogP contribution >= 0.6 is 0 Å². The van der Waals surface area contributed by atoms with Gasteiger partial charge in [-0.3, -0.25) is 4.79 Å². The van der Waals surface area contributed by atoms with Gasteiger partial charge in [-0.2, -0.15) is 15.8 Å². The van der Waals surface area contributed by atoms with Crippen LogP contribution in [0, 0.1) is 34.0 Å². The first kappa shape index (κ1) is 15.8. The van der Waals surface area contributed by atoms with Crippen molar-refractivity contribution in [2.24, 2.45) is 0 Å². The van der Waals surface area contributed by atoms with Gasteiger partial charge in [-0.25, -0.2) is 0 Å². The predicted octanol–water partition coefficient (Wildman–Crippen LogP) is 2.03. The van der Waals surface area contributed by atoms with Gasteiger partial charge in [-0.15, -0.1) is 0 Å². The first-order valence-electron chi connectivity index (χ1n) is 6.02. The van der Waals surface area contributed by atoms with Crippen molar-refractivity contribution in [3.8, 4) is 18.2 Å². The minimum absolute atomic E-state index is 0.106. The van der Waals surface area contributed by atoms with E-state index in [4.69, 9.17) is 15.8 Å². The van der Waals surface area contributed by atoms with E-state index < -0.39 is 0 Å². The second kappa shape index (κ2) is 7.99. The third kappa shape index (κ3) is 4.70. The Morgan fingerprint density at radius 1 is 1.24 bits per heavy atom. The van der Waals surface area contributed by atoms with E-state index in [1.54, 1.807) is 36.4 Å². The molecule has 0 atom stereocenters. The van der Waals surface area contributed by atoms with Crippen molar-refractivity contribution in [2.75, 3.05) is 12.4 Å². The van der Waals surface area contributed by atoms with Crippen molar-refractivity contribution in [2.45, 2.75) is 12.8 Å². The lowest BCUT2D eigenvalue weighted by Crippen LogP contribution is -2.03. The van der Waals surface area contributed by atoms with Gasteiger partial charge in [0.15, 0.2) is 5.57 Å². The highest BCUT2D eigenvalue weighted by atomic mass is 16.5. The summed E-state index contributed by atoms with van der Waals surface area (Å²) in [4.78, 5) is 11.1. The number of methoxy groups -OCH3 is 1. The van der Waals surface area contributed by atoms with Crippen molar-refractivity contribution in [3.05, 3.63) is 41.1 Å². The van der Waals surface area contributed by atoms with Gasteiger partial charge in [0.25, 0.3) is 0 Å². The highest BCUT2D eigenvalue weighted by Crippen LogP contribution is 2.15. The number of nitriles is 3. The number of nitrogens with zero attached hydrogens (tertiary/aromatic N) is 3. The van der Waals surface area contributed by atoms with Crippen LogP contribution in [0.15, 0.2) is 35.5 Å². The standard InChI is InChI=1S/C15H12N4O2/c1-21-15(20)6-5-11-3-2-4-13(7-11)19-14(10-18)12(8-16)9-17/h2-4,7,19H,5-6H2,1H3. The van der Waals surface area contributed by atoms with E-state index in [2.05, 4.69) is 10.1 Å². The van der Waals surface area contributed by atoms with E-state index in [0.717, 1.165) is 5.56 Å². The number of anilines is 1. The number of aryl methyl sites for hydroxylation is 1. The van der Waals surface area contributed by atoms with E-state index in [0.29, 0.717) is 12.1 Å². The summed E-state index contributed by atoms with van der Waals surface area (Å²) >= 11 is 0. The van der Waals surface area contributed by atoms with Crippen LogP contribution in [-0.4, -0.2) is 13.1 Å². The molecular weight excluding hydrogens is 268 g/mol. The lowest BCUT2D eigenvalue weighted by Gasteiger charge is -2.07. The molecule has 21 heavy (non-hydrogen) atoms. The minimum atomic E-state index is -0.304. The van der Waals surface area contributed by atoms with Gasteiger partial charge in [-0.1, -0.05) is 12.1 Å².